The molecule has 126 valence electrons. The summed E-state index contributed by atoms with van der Waals surface area (Å²) < 4.78 is 10.7. The Labute approximate surface area is 144 Å². The predicted molar refractivity (Wildman–Crippen MR) is 99.0 cm³/mol. The summed E-state index contributed by atoms with van der Waals surface area (Å²) in [5, 5.41) is 3.43. The van der Waals surface area contributed by atoms with E-state index in [1.165, 1.54) is 34.5 Å². The van der Waals surface area contributed by atoms with Gasteiger partial charge >= 0.3 is 0 Å². The number of aryl methyl sites for hydroxylation is 3. The molecule has 0 unspecified atom stereocenters. The fraction of sp³-hybridized carbons (Fsp3) is 0.333. The van der Waals surface area contributed by atoms with Crippen LogP contribution in [0.4, 0.5) is 5.69 Å². The van der Waals surface area contributed by atoms with Gasteiger partial charge in [0, 0.05) is 11.4 Å². The first-order valence-electron chi connectivity index (χ1n) is 8.53. The molecule has 0 spiro atoms. The summed E-state index contributed by atoms with van der Waals surface area (Å²) >= 11 is 0. The third kappa shape index (κ3) is 3.91. The first-order valence-corrected chi connectivity index (χ1v) is 8.53. The minimum atomic E-state index is 0.663. The van der Waals surface area contributed by atoms with E-state index in [0.29, 0.717) is 13.2 Å². The average Bonchev–Trinajstić information content (AvgIpc) is 2.61. The molecule has 2 aromatic carbocycles. The maximum Gasteiger partial charge on any atom is 0.161 e. The molecule has 24 heavy (non-hydrogen) atoms. The van der Waals surface area contributed by atoms with Gasteiger partial charge in [0.1, 0.15) is 13.2 Å². The topological polar surface area (TPSA) is 30.5 Å². The van der Waals surface area contributed by atoms with E-state index in [-0.39, 0.29) is 0 Å². The highest BCUT2D eigenvalue weighted by Crippen LogP contribution is 2.30. The van der Waals surface area contributed by atoms with E-state index in [4.69, 9.17) is 9.47 Å². The Balaban J connectivity index is 0.000000143. The van der Waals surface area contributed by atoms with Crippen LogP contribution >= 0.6 is 0 Å². The van der Waals surface area contributed by atoms with Crippen LogP contribution in [0.15, 0.2) is 48.2 Å². The third-order valence-corrected chi connectivity index (χ3v) is 4.27. The van der Waals surface area contributed by atoms with Crippen LogP contribution in [0.2, 0.25) is 0 Å². The molecule has 0 fully saturated rings. The molecule has 3 heteroatoms. The van der Waals surface area contributed by atoms with Gasteiger partial charge in [0.25, 0.3) is 0 Å². The number of ether oxygens (including phenoxy) is 2. The molecule has 2 aromatic rings. The summed E-state index contributed by atoms with van der Waals surface area (Å²) in [7, 11) is 0. The van der Waals surface area contributed by atoms with Crippen LogP contribution in [-0.2, 0) is 6.42 Å². The zero-order valence-corrected chi connectivity index (χ0v) is 14.7. The number of hydrogen-bond donors (Lipinski definition) is 1. The lowest BCUT2D eigenvalue weighted by Crippen LogP contribution is -2.15. The number of rotatable bonds is 0. The number of hydrogen-bond acceptors (Lipinski definition) is 3. The monoisotopic (exact) mass is 323 g/mol. The number of allylic oxidation sites excluding steroid dienone is 2. The van der Waals surface area contributed by atoms with E-state index < -0.39 is 0 Å². The summed E-state index contributed by atoms with van der Waals surface area (Å²) in [6, 6.07) is 12.6. The molecule has 0 saturated heterocycles. The van der Waals surface area contributed by atoms with E-state index in [2.05, 4.69) is 43.4 Å². The minimum Gasteiger partial charge on any atom is -0.486 e. The molecule has 4 rings (SSSR count). The summed E-state index contributed by atoms with van der Waals surface area (Å²) in [6.07, 6.45) is 4.47. The highest BCUT2D eigenvalue weighted by atomic mass is 16.6. The van der Waals surface area contributed by atoms with Crippen LogP contribution in [0.25, 0.3) is 0 Å². The summed E-state index contributed by atoms with van der Waals surface area (Å²) in [5.41, 5.74) is 6.63. The van der Waals surface area contributed by atoms with Gasteiger partial charge in [0.05, 0.1) is 0 Å². The third-order valence-electron chi connectivity index (χ3n) is 4.27. The van der Waals surface area contributed by atoms with Gasteiger partial charge in [0.2, 0.25) is 0 Å². The molecule has 3 nitrogen and oxygen atoms in total. The minimum absolute atomic E-state index is 0.663. The Morgan fingerprint density at radius 2 is 1.58 bits per heavy atom. The maximum absolute atomic E-state index is 5.38. The van der Waals surface area contributed by atoms with Gasteiger partial charge in [-0.1, -0.05) is 29.8 Å². The van der Waals surface area contributed by atoms with E-state index in [1.807, 2.05) is 25.1 Å². The zero-order valence-electron chi connectivity index (χ0n) is 14.7. The van der Waals surface area contributed by atoms with Gasteiger partial charge in [-0.15, -0.1) is 0 Å². The summed E-state index contributed by atoms with van der Waals surface area (Å²) in [4.78, 5) is 0. The van der Waals surface area contributed by atoms with Crippen molar-refractivity contribution in [1.29, 1.82) is 0 Å². The Morgan fingerprint density at radius 1 is 0.875 bits per heavy atom. The fourth-order valence-corrected chi connectivity index (χ4v) is 2.92. The predicted octanol–water partition coefficient (Wildman–Crippen LogP) is 5.02. The highest BCUT2D eigenvalue weighted by molar-refractivity contribution is 5.58. The number of nitrogens with one attached hydrogen (secondary N) is 1. The molecule has 0 radical (unpaired) electrons. The van der Waals surface area contributed by atoms with Gasteiger partial charge in [-0.3, -0.25) is 0 Å². The number of anilines is 1. The lowest BCUT2D eigenvalue weighted by molar-refractivity contribution is 0.171. The first kappa shape index (κ1) is 16.4. The van der Waals surface area contributed by atoms with Gasteiger partial charge in [0.15, 0.2) is 11.5 Å². The molecule has 1 N–H and O–H groups in total. The zero-order chi connectivity index (χ0) is 16.9. The van der Waals surface area contributed by atoms with Crippen molar-refractivity contribution in [2.75, 3.05) is 18.5 Å². The summed E-state index contributed by atoms with van der Waals surface area (Å²) in [5.74, 6) is 1.73. The molecule has 2 aliphatic heterocycles. The van der Waals surface area contributed by atoms with Crippen molar-refractivity contribution < 1.29 is 9.47 Å². The molecule has 2 aliphatic rings. The molecule has 0 atom stereocenters. The second kappa shape index (κ2) is 7.43. The second-order valence-electron chi connectivity index (χ2n) is 6.25. The quantitative estimate of drug-likeness (QED) is 0.738. The SMILES string of the molecule is C/C=C1/CCc2cc(C)ccc2N1.Cc1ccc2c(c1)OCCO2. The Kier molecular flexibility index (Phi) is 5.09. The van der Waals surface area contributed by atoms with Crippen LogP contribution < -0.4 is 14.8 Å². The van der Waals surface area contributed by atoms with E-state index in [0.717, 1.165) is 17.9 Å². The normalized spacial score (nSPS) is 16.5. The Bertz CT molecular complexity index is 749. The Hall–Kier alpha value is -2.42. The van der Waals surface area contributed by atoms with Gasteiger partial charge in [-0.25, -0.2) is 0 Å². The van der Waals surface area contributed by atoms with Gasteiger partial charge in [-0.2, -0.15) is 0 Å². The number of benzene rings is 2. The smallest absolute Gasteiger partial charge is 0.161 e. The summed E-state index contributed by atoms with van der Waals surface area (Å²) in [6.45, 7) is 7.59. The standard InChI is InChI=1S/C12H15N.C9H10O2/c1-3-11-6-5-10-8-9(2)4-7-12(10)13-11;1-7-2-3-8-9(6-7)11-5-4-10-8/h3-4,7-8,13H,5-6H2,1-2H3;2-3,6H,4-5H2,1H3/b11-3-;. The van der Waals surface area contributed by atoms with E-state index in [1.54, 1.807) is 0 Å². The van der Waals surface area contributed by atoms with Crippen molar-refractivity contribution in [2.24, 2.45) is 0 Å². The molecular weight excluding hydrogens is 298 g/mol. The molecule has 0 amide bonds. The lowest BCUT2D eigenvalue weighted by Gasteiger charge is -2.20. The van der Waals surface area contributed by atoms with Crippen molar-refractivity contribution in [1.82, 2.24) is 0 Å². The van der Waals surface area contributed by atoms with E-state index >= 15 is 0 Å². The molecule has 0 bridgehead atoms. The largest absolute Gasteiger partial charge is 0.486 e. The lowest BCUT2D eigenvalue weighted by atomic mass is 9.99. The van der Waals surface area contributed by atoms with Crippen LogP contribution in [0.1, 0.15) is 30.0 Å². The van der Waals surface area contributed by atoms with Crippen LogP contribution in [0.5, 0.6) is 11.5 Å². The van der Waals surface area contributed by atoms with Crippen LogP contribution in [-0.4, -0.2) is 13.2 Å². The molecule has 2 heterocycles. The van der Waals surface area contributed by atoms with Crippen LogP contribution in [0.3, 0.4) is 0 Å². The van der Waals surface area contributed by atoms with Gasteiger partial charge < -0.3 is 14.8 Å². The van der Waals surface area contributed by atoms with Gasteiger partial charge in [-0.05, 0) is 62.9 Å². The fourth-order valence-electron chi connectivity index (χ4n) is 2.92. The average molecular weight is 323 g/mol. The highest BCUT2D eigenvalue weighted by Gasteiger charge is 2.11. The molecule has 0 aromatic heterocycles. The molecular formula is C21H25NO2. The van der Waals surface area contributed by atoms with Crippen molar-refractivity contribution in [2.45, 2.75) is 33.6 Å². The first-order chi connectivity index (χ1) is 11.7. The maximum atomic E-state index is 5.38. The molecule has 0 saturated carbocycles. The van der Waals surface area contributed by atoms with Crippen molar-refractivity contribution in [3.05, 3.63) is 64.9 Å². The van der Waals surface area contributed by atoms with Crippen molar-refractivity contribution in [3.8, 4) is 11.5 Å². The van der Waals surface area contributed by atoms with Crippen molar-refractivity contribution >= 4 is 5.69 Å². The Morgan fingerprint density at radius 3 is 2.38 bits per heavy atom. The van der Waals surface area contributed by atoms with E-state index in [9.17, 15) is 0 Å². The number of fused-ring (bicyclic) bond motifs is 2. The van der Waals surface area contributed by atoms with Crippen LogP contribution in [0, 0.1) is 13.8 Å². The molecule has 0 aliphatic carbocycles. The second-order valence-corrected chi connectivity index (χ2v) is 6.25. The van der Waals surface area contributed by atoms with Crippen molar-refractivity contribution in [3.63, 3.8) is 0 Å².